The van der Waals surface area contributed by atoms with Gasteiger partial charge in [-0.15, -0.1) is 0 Å². The lowest BCUT2D eigenvalue weighted by molar-refractivity contribution is -0.149. The molecule has 1 unspecified atom stereocenters. The first-order valence-electron chi connectivity index (χ1n) is 5.88. The molecule has 0 heterocycles. The lowest BCUT2D eigenvalue weighted by atomic mass is 10.2. The van der Waals surface area contributed by atoms with Gasteiger partial charge in [-0.1, -0.05) is 13.3 Å². The van der Waals surface area contributed by atoms with Crippen LogP contribution in [0.3, 0.4) is 0 Å². The summed E-state index contributed by atoms with van der Waals surface area (Å²) in [5.74, 6) is -1.48. The number of alkyl halides is 3. The third-order valence-corrected chi connectivity index (χ3v) is 2.64. The SMILES string of the molecule is CCCC(C)N(C)C(=O)N(CC(=O)O)CC(F)(F)F. The van der Waals surface area contributed by atoms with Gasteiger partial charge < -0.3 is 14.9 Å². The van der Waals surface area contributed by atoms with E-state index in [0.29, 0.717) is 6.42 Å². The van der Waals surface area contributed by atoms with Crippen LogP contribution in [-0.4, -0.2) is 59.3 Å². The van der Waals surface area contributed by atoms with Gasteiger partial charge in [-0.3, -0.25) is 4.79 Å². The van der Waals surface area contributed by atoms with Gasteiger partial charge >= 0.3 is 18.2 Å². The van der Waals surface area contributed by atoms with Gasteiger partial charge in [-0.2, -0.15) is 13.2 Å². The van der Waals surface area contributed by atoms with E-state index in [1.54, 1.807) is 6.92 Å². The Hall–Kier alpha value is -1.47. The zero-order chi connectivity index (χ0) is 15.2. The van der Waals surface area contributed by atoms with Crippen LogP contribution >= 0.6 is 0 Å². The standard InChI is InChI=1S/C11H19F3N2O3/c1-4-5-8(2)15(3)10(19)16(6-9(17)18)7-11(12,13)14/h8H,4-7H2,1-3H3,(H,17,18). The molecule has 0 aliphatic heterocycles. The number of carbonyl (C=O) groups is 2. The van der Waals surface area contributed by atoms with Crippen molar-refractivity contribution >= 4 is 12.0 Å². The minimum absolute atomic E-state index is 0.248. The number of rotatable bonds is 6. The fourth-order valence-electron chi connectivity index (χ4n) is 1.59. The number of carboxylic acid groups (broad SMARTS) is 1. The Balaban J connectivity index is 4.84. The van der Waals surface area contributed by atoms with Crippen LogP contribution in [0, 0.1) is 0 Å². The third-order valence-electron chi connectivity index (χ3n) is 2.64. The highest BCUT2D eigenvalue weighted by molar-refractivity contribution is 5.80. The first-order valence-corrected chi connectivity index (χ1v) is 5.88. The van der Waals surface area contributed by atoms with Crippen molar-refractivity contribution in [1.82, 2.24) is 9.80 Å². The molecule has 1 atom stereocenters. The Morgan fingerprint density at radius 1 is 1.32 bits per heavy atom. The van der Waals surface area contributed by atoms with Crippen LogP contribution in [0.1, 0.15) is 26.7 Å². The molecule has 19 heavy (non-hydrogen) atoms. The van der Waals surface area contributed by atoms with Crippen LogP contribution in [0.15, 0.2) is 0 Å². The van der Waals surface area contributed by atoms with Gasteiger partial charge in [-0.05, 0) is 13.3 Å². The van der Waals surface area contributed by atoms with Crippen molar-refractivity contribution in [2.24, 2.45) is 0 Å². The number of carboxylic acids is 1. The van der Waals surface area contributed by atoms with E-state index < -0.39 is 31.3 Å². The van der Waals surface area contributed by atoms with Crippen LogP contribution < -0.4 is 0 Å². The van der Waals surface area contributed by atoms with Crippen molar-refractivity contribution in [2.45, 2.75) is 38.9 Å². The van der Waals surface area contributed by atoms with Crippen molar-refractivity contribution in [3.8, 4) is 0 Å². The van der Waals surface area contributed by atoms with Crippen LogP contribution in [0.25, 0.3) is 0 Å². The molecule has 0 bridgehead atoms. The Bertz CT molecular complexity index is 321. The average Bonchev–Trinajstić information content (AvgIpc) is 2.24. The molecule has 0 aromatic rings. The Kier molecular flexibility index (Phi) is 6.64. The zero-order valence-corrected chi connectivity index (χ0v) is 11.2. The topological polar surface area (TPSA) is 60.9 Å². The number of amides is 2. The second-order valence-electron chi connectivity index (χ2n) is 4.40. The van der Waals surface area contributed by atoms with Crippen molar-refractivity contribution in [3.05, 3.63) is 0 Å². The van der Waals surface area contributed by atoms with Gasteiger partial charge in [0.1, 0.15) is 13.1 Å². The lowest BCUT2D eigenvalue weighted by Gasteiger charge is -2.31. The molecule has 0 spiro atoms. The minimum atomic E-state index is -4.63. The summed E-state index contributed by atoms with van der Waals surface area (Å²) >= 11 is 0. The summed E-state index contributed by atoms with van der Waals surface area (Å²) in [5, 5.41) is 8.57. The number of hydrogen-bond donors (Lipinski definition) is 1. The van der Waals surface area contributed by atoms with E-state index >= 15 is 0 Å². The highest BCUT2D eigenvalue weighted by Gasteiger charge is 2.35. The molecule has 1 N–H and O–H groups in total. The van der Waals surface area contributed by atoms with E-state index in [4.69, 9.17) is 5.11 Å². The molecular formula is C11H19F3N2O3. The maximum Gasteiger partial charge on any atom is 0.406 e. The number of aliphatic carboxylic acids is 1. The number of nitrogens with zero attached hydrogens (tertiary/aromatic N) is 2. The highest BCUT2D eigenvalue weighted by Crippen LogP contribution is 2.18. The van der Waals surface area contributed by atoms with Crippen molar-refractivity contribution in [3.63, 3.8) is 0 Å². The minimum Gasteiger partial charge on any atom is -0.480 e. The van der Waals surface area contributed by atoms with Crippen LogP contribution in [0.2, 0.25) is 0 Å². The highest BCUT2D eigenvalue weighted by atomic mass is 19.4. The molecule has 0 rings (SSSR count). The summed E-state index contributed by atoms with van der Waals surface area (Å²) in [6.07, 6.45) is -3.22. The predicted octanol–water partition coefficient (Wildman–Crippen LogP) is 2.18. The van der Waals surface area contributed by atoms with E-state index in [9.17, 15) is 22.8 Å². The summed E-state index contributed by atoms with van der Waals surface area (Å²) in [7, 11) is 1.37. The van der Waals surface area contributed by atoms with E-state index in [-0.39, 0.29) is 10.9 Å². The maximum absolute atomic E-state index is 12.3. The quantitative estimate of drug-likeness (QED) is 0.813. The van der Waals surface area contributed by atoms with Gasteiger partial charge in [-0.25, -0.2) is 4.79 Å². The number of halogens is 3. The Labute approximate surface area is 110 Å². The first kappa shape index (κ1) is 17.5. The van der Waals surface area contributed by atoms with Gasteiger partial charge in [0.05, 0.1) is 0 Å². The van der Waals surface area contributed by atoms with Crippen molar-refractivity contribution < 1.29 is 27.9 Å². The van der Waals surface area contributed by atoms with Crippen molar-refractivity contribution in [2.75, 3.05) is 20.1 Å². The number of carbonyl (C=O) groups excluding carboxylic acids is 1. The number of urea groups is 1. The van der Waals surface area contributed by atoms with Gasteiger partial charge in [0.15, 0.2) is 0 Å². The molecule has 0 saturated carbocycles. The summed E-state index contributed by atoms with van der Waals surface area (Å²) in [6, 6.07) is -1.18. The number of hydrogen-bond acceptors (Lipinski definition) is 2. The third kappa shape index (κ3) is 6.88. The molecule has 5 nitrogen and oxygen atoms in total. The molecule has 112 valence electrons. The summed E-state index contributed by atoms with van der Waals surface area (Å²) < 4.78 is 37.0. The van der Waals surface area contributed by atoms with Crippen LogP contribution in [0.5, 0.6) is 0 Å². The van der Waals surface area contributed by atoms with Gasteiger partial charge in [0, 0.05) is 13.1 Å². The summed E-state index contributed by atoms with van der Waals surface area (Å²) in [6.45, 7) is 1.05. The molecule has 0 aromatic carbocycles. The normalized spacial score (nSPS) is 12.9. The van der Waals surface area contributed by atoms with Gasteiger partial charge in [0.2, 0.25) is 0 Å². The summed E-state index contributed by atoms with van der Waals surface area (Å²) in [5.41, 5.74) is 0. The maximum atomic E-state index is 12.3. The Morgan fingerprint density at radius 3 is 2.21 bits per heavy atom. The molecule has 2 amide bonds. The van der Waals surface area contributed by atoms with E-state index in [2.05, 4.69) is 0 Å². The second-order valence-corrected chi connectivity index (χ2v) is 4.40. The zero-order valence-electron chi connectivity index (χ0n) is 11.2. The molecule has 0 aliphatic carbocycles. The van der Waals surface area contributed by atoms with E-state index in [1.165, 1.54) is 7.05 Å². The molecule has 8 heteroatoms. The van der Waals surface area contributed by atoms with E-state index in [1.807, 2.05) is 6.92 Å². The predicted molar refractivity (Wildman–Crippen MR) is 62.8 cm³/mol. The largest absolute Gasteiger partial charge is 0.480 e. The fourth-order valence-corrected chi connectivity index (χ4v) is 1.59. The van der Waals surface area contributed by atoms with Gasteiger partial charge in [0.25, 0.3) is 0 Å². The average molecular weight is 284 g/mol. The molecule has 0 saturated heterocycles. The fraction of sp³-hybridized carbons (Fsp3) is 0.818. The molecular weight excluding hydrogens is 265 g/mol. The Morgan fingerprint density at radius 2 is 1.84 bits per heavy atom. The monoisotopic (exact) mass is 284 g/mol. The van der Waals surface area contributed by atoms with Crippen LogP contribution in [-0.2, 0) is 4.79 Å². The first-order chi connectivity index (χ1) is 8.58. The molecule has 0 radical (unpaired) electrons. The summed E-state index contributed by atoms with van der Waals surface area (Å²) in [4.78, 5) is 23.8. The molecule has 0 fully saturated rings. The van der Waals surface area contributed by atoms with E-state index in [0.717, 1.165) is 11.3 Å². The van der Waals surface area contributed by atoms with Crippen molar-refractivity contribution in [1.29, 1.82) is 0 Å². The smallest absolute Gasteiger partial charge is 0.406 e. The molecule has 0 aromatic heterocycles. The van der Waals surface area contributed by atoms with Crippen LogP contribution in [0.4, 0.5) is 18.0 Å². The molecule has 0 aliphatic rings. The lowest BCUT2D eigenvalue weighted by Crippen LogP contribution is -2.50. The second kappa shape index (κ2) is 7.20.